The topological polar surface area (TPSA) is 89.3 Å². The second-order valence-corrected chi connectivity index (χ2v) is 6.37. The molecule has 0 aliphatic carbocycles. The first kappa shape index (κ1) is 15.3. The molecule has 2 N–H and O–H groups in total. The van der Waals surface area contributed by atoms with Gasteiger partial charge >= 0.3 is 6.03 Å². The van der Waals surface area contributed by atoms with Crippen LogP contribution >= 0.6 is 11.3 Å². The predicted octanol–water partition coefficient (Wildman–Crippen LogP) is 2.76. The van der Waals surface area contributed by atoms with E-state index in [9.17, 15) is 4.79 Å². The van der Waals surface area contributed by atoms with Crippen molar-refractivity contribution in [2.45, 2.75) is 32.7 Å². The van der Waals surface area contributed by atoms with E-state index in [-0.39, 0.29) is 18.0 Å². The maximum atomic E-state index is 11.7. The quantitative estimate of drug-likeness (QED) is 0.906. The van der Waals surface area contributed by atoms with Gasteiger partial charge in [-0.3, -0.25) is 5.32 Å². The van der Waals surface area contributed by atoms with E-state index in [0.29, 0.717) is 16.1 Å². The van der Waals surface area contributed by atoms with Crippen LogP contribution in [0.3, 0.4) is 0 Å². The molecule has 7 nitrogen and oxygen atoms in total. The van der Waals surface area contributed by atoms with E-state index in [2.05, 4.69) is 20.6 Å². The van der Waals surface area contributed by atoms with Crippen molar-refractivity contribution >= 4 is 22.5 Å². The first-order valence-corrected chi connectivity index (χ1v) is 7.19. The van der Waals surface area contributed by atoms with Crippen molar-refractivity contribution in [3.8, 4) is 5.06 Å². The predicted molar refractivity (Wildman–Crippen MR) is 79.7 cm³/mol. The number of carbonyl (C=O) groups is 1. The molecule has 0 saturated carbocycles. The molecule has 2 rings (SSSR count). The molecule has 0 spiro atoms. The number of rotatable bonds is 4. The third kappa shape index (κ3) is 4.19. The van der Waals surface area contributed by atoms with Gasteiger partial charge < -0.3 is 14.5 Å². The molecule has 2 aromatic rings. The molecular formula is C13H18N4O3S. The number of nitrogens with zero attached hydrogens (tertiary/aromatic N) is 2. The lowest BCUT2D eigenvalue weighted by Crippen LogP contribution is -2.28. The molecule has 0 saturated heterocycles. The Bertz CT molecular complexity index is 615. The summed E-state index contributed by atoms with van der Waals surface area (Å²) in [6.45, 7) is 6.35. The second kappa shape index (κ2) is 6.13. The molecule has 114 valence electrons. The smallest absolute Gasteiger partial charge is 0.321 e. The van der Waals surface area contributed by atoms with Gasteiger partial charge in [0.05, 0.1) is 25.5 Å². The maximum absolute atomic E-state index is 11.7. The summed E-state index contributed by atoms with van der Waals surface area (Å²) in [7, 11) is 1.55. The first-order valence-electron chi connectivity index (χ1n) is 6.38. The Morgan fingerprint density at radius 3 is 2.81 bits per heavy atom. The zero-order chi connectivity index (χ0) is 15.5. The van der Waals surface area contributed by atoms with Crippen LogP contribution < -0.4 is 15.4 Å². The minimum atomic E-state index is -0.373. The largest absolute Gasteiger partial charge is 0.486 e. The highest BCUT2D eigenvalue weighted by atomic mass is 32.1. The number of ether oxygens (including phenoxy) is 1. The lowest BCUT2D eigenvalue weighted by molar-refractivity contribution is 0.250. The van der Waals surface area contributed by atoms with Gasteiger partial charge in [0.2, 0.25) is 5.89 Å². The van der Waals surface area contributed by atoms with Gasteiger partial charge in [0, 0.05) is 5.41 Å². The molecule has 0 aliphatic heterocycles. The van der Waals surface area contributed by atoms with Crippen molar-refractivity contribution in [2.24, 2.45) is 0 Å². The number of thiazole rings is 1. The van der Waals surface area contributed by atoms with Crippen molar-refractivity contribution in [1.82, 2.24) is 15.3 Å². The number of anilines is 1. The summed E-state index contributed by atoms with van der Waals surface area (Å²) in [5.74, 6) is 0.465. The van der Waals surface area contributed by atoms with Gasteiger partial charge in [-0.2, -0.15) is 0 Å². The van der Waals surface area contributed by atoms with Crippen LogP contribution in [-0.2, 0) is 12.0 Å². The molecule has 2 amide bonds. The molecule has 0 unspecified atom stereocenters. The Labute approximate surface area is 126 Å². The fourth-order valence-corrected chi connectivity index (χ4v) is 2.07. The van der Waals surface area contributed by atoms with Crippen molar-refractivity contribution in [3.63, 3.8) is 0 Å². The molecule has 0 atom stereocenters. The minimum Gasteiger partial charge on any atom is -0.486 e. The summed E-state index contributed by atoms with van der Waals surface area (Å²) in [6.07, 6.45) is 3.16. The van der Waals surface area contributed by atoms with Crippen LogP contribution in [0.25, 0.3) is 0 Å². The first-order chi connectivity index (χ1) is 9.88. The molecule has 21 heavy (non-hydrogen) atoms. The summed E-state index contributed by atoms with van der Waals surface area (Å²) in [5.41, 5.74) is 0.769. The average molecular weight is 310 g/mol. The molecule has 0 aromatic carbocycles. The van der Waals surface area contributed by atoms with Crippen LogP contribution in [0.1, 0.15) is 32.4 Å². The number of methoxy groups -OCH3 is 1. The SMILES string of the molecule is COc1cnc(NC(=O)NCc2nc(C(C)(C)C)co2)s1. The summed E-state index contributed by atoms with van der Waals surface area (Å²) in [4.78, 5) is 20.1. The molecular weight excluding hydrogens is 292 g/mol. The van der Waals surface area contributed by atoms with Crippen LogP contribution in [0.15, 0.2) is 16.9 Å². The van der Waals surface area contributed by atoms with Gasteiger partial charge in [0.1, 0.15) is 6.26 Å². The Kier molecular flexibility index (Phi) is 4.46. The van der Waals surface area contributed by atoms with Crippen LogP contribution in [-0.4, -0.2) is 23.1 Å². The van der Waals surface area contributed by atoms with Crippen molar-refractivity contribution in [2.75, 3.05) is 12.4 Å². The highest BCUT2D eigenvalue weighted by molar-refractivity contribution is 7.17. The molecule has 0 aliphatic rings. The lowest BCUT2D eigenvalue weighted by atomic mass is 9.93. The Balaban J connectivity index is 1.85. The number of amides is 2. The van der Waals surface area contributed by atoms with E-state index in [4.69, 9.17) is 9.15 Å². The van der Waals surface area contributed by atoms with Crippen LogP contribution in [0.2, 0.25) is 0 Å². The molecule has 2 aromatic heterocycles. The summed E-state index contributed by atoms with van der Waals surface area (Å²) in [5, 5.41) is 6.37. The van der Waals surface area contributed by atoms with Gasteiger partial charge in [0.25, 0.3) is 0 Å². The van der Waals surface area contributed by atoms with Gasteiger partial charge in [-0.1, -0.05) is 32.1 Å². The van der Waals surface area contributed by atoms with Crippen LogP contribution in [0, 0.1) is 0 Å². The number of hydrogen-bond acceptors (Lipinski definition) is 6. The Hall–Kier alpha value is -2.09. The van der Waals surface area contributed by atoms with E-state index in [0.717, 1.165) is 5.69 Å². The van der Waals surface area contributed by atoms with Crippen molar-refractivity contribution < 1.29 is 13.9 Å². The van der Waals surface area contributed by atoms with Crippen molar-refractivity contribution in [1.29, 1.82) is 0 Å². The minimum absolute atomic E-state index is 0.0819. The third-order valence-corrected chi connectivity index (χ3v) is 3.50. The van der Waals surface area contributed by atoms with Crippen LogP contribution in [0.5, 0.6) is 5.06 Å². The standard InChI is InChI=1S/C13H18N4O3S/c1-13(2,3)8-7-20-9(16-8)5-14-11(18)17-12-15-6-10(19-4)21-12/h6-7H,5H2,1-4H3,(H2,14,15,17,18). The normalized spacial score (nSPS) is 11.2. The summed E-state index contributed by atoms with van der Waals surface area (Å²) >= 11 is 1.25. The molecule has 2 heterocycles. The van der Waals surface area contributed by atoms with E-state index >= 15 is 0 Å². The third-order valence-electron chi connectivity index (χ3n) is 2.63. The zero-order valence-corrected chi connectivity index (χ0v) is 13.2. The lowest BCUT2D eigenvalue weighted by Gasteiger charge is -2.12. The summed E-state index contributed by atoms with van der Waals surface area (Å²) < 4.78 is 10.3. The van der Waals surface area contributed by atoms with Gasteiger partial charge in [0.15, 0.2) is 10.2 Å². The van der Waals surface area contributed by atoms with Gasteiger partial charge in [-0.25, -0.2) is 14.8 Å². The molecule has 0 fully saturated rings. The van der Waals surface area contributed by atoms with E-state index < -0.39 is 0 Å². The summed E-state index contributed by atoms with van der Waals surface area (Å²) in [6, 6.07) is -0.373. The maximum Gasteiger partial charge on any atom is 0.321 e. The highest BCUT2D eigenvalue weighted by Gasteiger charge is 2.18. The number of urea groups is 1. The number of carbonyl (C=O) groups excluding carboxylic acids is 1. The van der Waals surface area contributed by atoms with E-state index in [1.165, 1.54) is 11.3 Å². The molecule has 8 heteroatoms. The zero-order valence-electron chi connectivity index (χ0n) is 12.4. The molecule has 0 radical (unpaired) electrons. The van der Waals surface area contributed by atoms with Crippen LogP contribution in [0.4, 0.5) is 9.93 Å². The second-order valence-electron chi connectivity index (χ2n) is 5.37. The van der Waals surface area contributed by atoms with Crippen molar-refractivity contribution in [3.05, 3.63) is 24.0 Å². The van der Waals surface area contributed by atoms with Gasteiger partial charge in [-0.15, -0.1) is 0 Å². The number of aromatic nitrogens is 2. The van der Waals surface area contributed by atoms with E-state index in [1.54, 1.807) is 19.6 Å². The van der Waals surface area contributed by atoms with Gasteiger partial charge in [-0.05, 0) is 0 Å². The fraction of sp³-hybridized carbons (Fsp3) is 0.462. The number of oxazole rings is 1. The monoisotopic (exact) mass is 310 g/mol. The number of hydrogen-bond donors (Lipinski definition) is 2. The van der Waals surface area contributed by atoms with E-state index in [1.807, 2.05) is 20.8 Å². The Morgan fingerprint density at radius 2 is 2.24 bits per heavy atom. The average Bonchev–Trinajstić information content (AvgIpc) is 3.04. The Morgan fingerprint density at radius 1 is 1.48 bits per heavy atom. The molecule has 0 bridgehead atoms. The fourth-order valence-electron chi connectivity index (χ4n) is 1.45. The number of nitrogens with one attached hydrogen (secondary N) is 2. The highest BCUT2D eigenvalue weighted by Crippen LogP contribution is 2.24.